The molecule has 0 fully saturated rings. The maximum atomic E-state index is 12.8. The second-order valence-corrected chi connectivity index (χ2v) is 7.12. The Morgan fingerprint density at radius 1 is 1.19 bits per heavy atom. The lowest BCUT2D eigenvalue weighted by Gasteiger charge is -2.12. The highest BCUT2D eigenvalue weighted by atomic mass is 35.5. The van der Waals surface area contributed by atoms with Crippen molar-refractivity contribution in [1.29, 1.82) is 0 Å². The molecule has 2 N–H and O–H groups in total. The molecule has 0 amide bonds. The molecular weight excluding hydrogens is 401 g/mol. The number of halogens is 2. The minimum absolute atomic E-state index is 0.0353. The molecule has 1 aliphatic heterocycles. The quantitative estimate of drug-likeness (QED) is 0.750. The molecule has 0 saturated carbocycles. The van der Waals surface area contributed by atoms with Crippen molar-refractivity contribution in [2.75, 3.05) is 0 Å². The van der Waals surface area contributed by atoms with E-state index < -0.39 is 39.3 Å². The zero-order valence-electron chi connectivity index (χ0n) is 15.9. The van der Waals surface area contributed by atoms with Gasteiger partial charge in [0.25, 0.3) is 0 Å². The van der Waals surface area contributed by atoms with E-state index in [2.05, 4.69) is 0 Å². The summed E-state index contributed by atoms with van der Waals surface area (Å²) in [6.07, 6.45) is -2.55. The zero-order chi connectivity index (χ0) is 21.6. The highest BCUT2D eigenvalue weighted by molar-refractivity contribution is 7.86. The molecule has 0 spiro atoms. The third kappa shape index (κ3) is 3.80. The van der Waals surface area contributed by atoms with E-state index in [0.717, 1.165) is 0 Å². The molecule has 2 aromatic rings. The van der Waals surface area contributed by atoms with Gasteiger partial charge < -0.3 is 14.7 Å². The van der Waals surface area contributed by atoms with Crippen molar-refractivity contribution < 1.29 is 26.2 Å². The van der Waals surface area contributed by atoms with Gasteiger partial charge in [-0.1, -0.05) is 65.7 Å². The molecule has 0 saturated heterocycles. The van der Waals surface area contributed by atoms with Gasteiger partial charge >= 0.3 is 10.1 Å². The van der Waals surface area contributed by atoms with E-state index >= 15 is 0 Å². The van der Waals surface area contributed by atoms with Gasteiger partial charge in [0.2, 0.25) is 17.4 Å². The first-order valence-corrected chi connectivity index (χ1v) is 9.26. The summed E-state index contributed by atoms with van der Waals surface area (Å²) in [5.41, 5.74) is 2.18. The van der Waals surface area contributed by atoms with Gasteiger partial charge in [-0.15, -0.1) is 0 Å². The highest BCUT2D eigenvalue weighted by Crippen LogP contribution is 2.38. The third-order valence-electron chi connectivity index (χ3n) is 3.25. The van der Waals surface area contributed by atoms with Gasteiger partial charge in [-0.05, 0) is 11.6 Å². The average molecular weight is 417 g/mol. The van der Waals surface area contributed by atoms with Gasteiger partial charge in [-0.2, -0.15) is 8.42 Å². The van der Waals surface area contributed by atoms with Crippen LogP contribution in [0.1, 0.15) is 21.3 Å². The Bertz CT molecular complexity index is 1130. The maximum absolute atomic E-state index is 12.8. The van der Waals surface area contributed by atoms with Gasteiger partial charge in [0.1, 0.15) is 5.70 Å². The topological polar surface area (TPSA) is 95.7 Å². The van der Waals surface area contributed by atoms with E-state index in [-0.39, 0.29) is 21.2 Å². The summed E-state index contributed by atoms with van der Waals surface area (Å²) in [5.74, 6) is -3.09. The number of nitrogens with two attached hydrogens (primary N) is 1. The molecule has 1 aliphatic rings. The first-order valence-electron chi connectivity index (χ1n) is 8.59. The fourth-order valence-corrected chi connectivity index (χ4v) is 3.36. The zero-order valence-corrected chi connectivity index (χ0v) is 15.2. The normalized spacial score (nSPS) is 22.4. The molecule has 9 heteroatoms. The van der Waals surface area contributed by atoms with Crippen LogP contribution in [0.15, 0.2) is 60.2 Å². The lowest BCUT2D eigenvalue weighted by atomic mass is 10.1. The Morgan fingerprint density at radius 3 is 2.58 bits per heavy atom. The molecule has 0 aromatic heterocycles. The van der Waals surface area contributed by atoms with Crippen LogP contribution in [0.3, 0.4) is 0 Å². The van der Waals surface area contributed by atoms with Crippen LogP contribution in [0.2, 0.25) is 10.0 Å². The molecular formula is C17H13Cl2NO5S. The van der Waals surface area contributed by atoms with Gasteiger partial charge in [0, 0.05) is 5.56 Å². The van der Waals surface area contributed by atoms with Crippen molar-refractivity contribution in [2.45, 2.75) is 11.8 Å². The van der Waals surface area contributed by atoms with Crippen LogP contribution in [-0.4, -0.2) is 14.2 Å². The lowest BCUT2D eigenvalue weighted by molar-refractivity contribution is -0.123. The van der Waals surface area contributed by atoms with Crippen molar-refractivity contribution >= 4 is 39.1 Å². The molecule has 6 nitrogen and oxygen atoms in total. The number of carbonyl (C=O) groups is 1. The molecule has 0 aliphatic carbocycles. The minimum Gasteiger partial charge on any atom is -0.460 e. The summed E-state index contributed by atoms with van der Waals surface area (Å²) in [6.45, 7) is 0. The largest absolute Gasteiger partial charge is 0.460 e. The minimum atomic E-state index is -5.06. The fraction of sp³-hybridized carbons (Fsp3) is 0.118. The molecule has 0 radical (unpaired) electrons. The van der Waals surface area contributed by atoms with Gasteiger partial charge in [0.15, 0.2) is 6.08 Å². The summed E-state index contributed by atoms with van der Waals surface area (Å²) >= 11 is 12.0. The fourth-order valence-electron chi connectivity index (χ4n) is 2.13. The van der Waals surface area contributed by atoms with E-state index in [4.69, 9.17) is 42.0 Å². The summed E-state index contributed by atoms with van der Waals surface area (Å²) in [4.78, 5) is 12.8. The smallest absolute Gasteiger partial charge is 0.313 e. The number of benzene rings is 2. The maximum Gasteiger partial charge on any atom is 0.313 e. The second kappa shape index (κ2) is 7.19. The first-order chi connectivity index (χ1) is 13.4. The predicted octanol–water partition coefficient (Wildman–Crippen LogP) is 3.31. The second-order valence-electron chi connectivity index (χ2n) is 5.06. The van der Waals surface area contributed by atoms with E-state index in [1.165, 1.54) is 42.5 Å². The summed E-state index contributed by atoms with van der Waals surface area (Å²) in [6, 6.07) is 11.1. The Morgan fingerprint density at radius 2 is 1.88 bits per heavy atom. The standard InChI is InChI=1S/C17H13Cl2NO5S/c18-12-8-4-7-11(13(12)19)15-14(21)16(17(20)24-15)25-26(22,23)9-10-5-2-1-3-6-10/h1-8,15H,9,20H2/t15-/m1/s1/i9D2,15D. The van der Waals surface area contributed by atoms with Gasteiger partial charge in [0.05, 0.1) is 14.2 Å². The van der Waals surface area contributed by atoms with Crippen molar-refractivity contribution in [2.24, 2.45) is 5.73 Å². The summed E-state index contributed by atoms with van der Waals surface area (Å²) in [7, 11) is -5.06. The highest BCUT2D eigenvalue weighted by Gasteiger charge is 2.40. The van der Waals surface area contributed by atoms with E-state index in [9.17, 15) is 13.2 Å². The van der Waals surface area contributed by atoms with Crippen molar-refractivity contribution in [3.63, 3.8) is 0 Å². The van der Waals surface area contributed by atoms with Crippen molar-refractivity contribution in [1.82, 2.24) is 0 Å². The average Bonchev–Trinajstić information content (AvgIpc) is 2.88. The molecule has 136 valence electrons. The Kier molecular flexibility index (Phi) is 4.12. The van der Waals surface area contributed by atoms with Crippen LogP contribution in [-0.2, 0) is 29.5 Å². The Labute approximate surface area is 164 Å². The molecule has 1 atom stereocenters. The monoisotopic (exact) mass is 416 g/mol. The van der Waals surface area contributed by atoms with Crippen LogP contribution in [0.4, 0.5) is 0 Å². The van der Waals surface area contributed by atoms with Crippen LogP contribution < -0.4 is 5.73 Å². The number of ketones is 1. The number of hydrogen-bond donors (Lipinski definition) is 1. The summed E-state index contributed by atoms with van der Waals surface area (Å²) in [5, 5.41) is -0.123. The van der Waals surface area contributed by atoms with E-state index in [0.29, 0.717) is 0 Å². The SMILES string of the molecule is [2H]C([2H])(c1ccccc1)S(=O)(=O)OC1=C(N)O[C@]([2H])(c2cccc(Cl)c2Cl)C1=O. The van der Waals surface area contributed by atoms with Crippen molar-refractivity contribution in [3.8, 4) is 0 Å². The number of Topliss-reactive ketones (excluding diaryl/α,β-unsaturated/α-hetero) is 1. The number of carbonyl (C=O) groups excluding carboxylic acids is 1. The van der Waals surface area contributed by atoms with Crippen LogP contribution >= 0.6 is 23.2 Å². The van der Waals surface area contributed by atoms with Gasteiger partial charge in [-0.3, -0.25) is 4.79 Å². The molecule has 3 rings (SSSR count). The Balaban J connectivity index is 1.97. The number of hydrogen-bond acceptors (Lipinski definition) is 6. The molecule has 0 unspecified atom stereocenters. The van der Waals surface area contributed by atoms with Crippen molar-refractivity contribution in [3.05, 3.63) is 81.3 Å². The van der Waals surface area contributed by atoms with E-state index in [1.54, 1.807) is 6.07 Å². The number of rotatable bonds is 5. The molecule has 1 heterocycles. The predicted molar refractivity (Wildman–Crippen MR) is 96.7 cm³/mol. The molecule has 2 aromatic carbocycles. The summed E-state index contributed by atoms with van der Waals surface area (Å²) < 4.78 is 59.2. The van der Waals surface area contributed by atoms with E-state index in [1.807, 2.05) is 0 Å². The van der Waals surface area contributed by atoms with Gasteiger partial charge in [-0.25, -0.2) is 0 Å². The lowest BCUT2D eigenvalue weighted by Crippen LogP contribution is -2.16. The Hall–Kier alpha value is -2.22. The van der Waals surface area contributed by atoms with Crippen LogP contribution in [0, 0.1) is 0 Å². The first kappa shape index (κ1) is 14.9. The van der Waals surface area contributed by atoms with Crippen LogP contribution in [0.5, 0.6) is 0 Å². The third-order valence-corrected chi connectivity index (χ3v) is 4.94. The van der Waals surface area contributed by atoms with Crippen LogP contribution in [0.25, 0.3) is 0 Å². The molecule has 26 heavy (non-hydrogen) atoms. The molecule has 0 bridgehead atoms. The number of ether oxygens (including phenoxy) is 1.